The summed E-state index contributed by atoms with van der Waals surface area (Å²) in [6.45, 7) is 0. The number of rotatable bonds is 4. The van der Waals surface area contributed by atoms with Gasteiger partial charge in [0.1, 0.15) is 5.75 Å². The second-order valence-corrected chi connectivity index (χ2v) is 4.75. The Morgan fingerprint density at radius 2 is 2.28 bits per heavy atom. The van der Waals surface area contributed by atoms with E-state index in [1.54, 1.807) is 14.2 Å². The van der Waals surface area contributed by atoms with Gasteiger partial charge >= 0.3 is 0 Å². The van der Waals surface area contributed by atoms with E-state index in [2.05, 4.69) is 31.3 Å². The molecule has 1 aromatic heterocycles. The first-order valence-electron chi connectivity index (χ1n) is 5.42. The van der Waals surface area contributed by atoms with Crippen LogP contribution >= 0.6 is 15.9 Å². The van der Waals surface area contributed by atoms with Gasteiger partial charge in [-0.3, -0.25) is 0 Å². The number of nitrogens with two attached hydrogens (primary N) is 1. The van der Waals surface area contributed by atoms with Gasteiger partial charge < -0.3 is 10.5 Å². The third-order valence-corrected chi connectivity index (χ3v) is 3.18. The molecule has 6 nitrogen and oxygen atoms in total. The summed E-state index contributed by atoms with van der Waals surface area (Å²) in [4.78, 5) is 1.42. The van der Waals surface area contributed by atoms with E-state index in [-0.39, 0.29) is 6.04 Å². The first-order chi connectivity index (χ1) is 8.60. The van der Waals surface area contributed by atoms with Crippen molar-refractivity contribution in [3.63, 3.8) is 0 Å². The fourth-order valence-electron chi connectivity index (χ4n) is 1.63. The highest BCUT2D eigenvalue weighted by atomic mass is 79.9. The van der Waals surface area contributed by atoms with Gasteiger partial charge in [0, 0.05) is 12.5 Å². The number of aryl methyl sites for hydroxylation is 1. The molecule has 0 aliphatic carbocycles. The predicted molar refractivity (Wildman–Crippen MR) is 70.1 cm³/mol. The van der Waals surface area contributed by atoms with Crippen LogP contribution in [0.15, 0.2) is 22.7 Å². The Morgan fingerprint density at radius 1 is 1.50 bits per heavy atom. The lowest BCUT2D eigenvalue weighted by atomic mass is 10.0. The van der Waals surface area contributed by atoms with E-state index >= 15 is 0 Å². The second-order valence-electron chi connectivity index (χ2n) is 3.90. The van der Waals surface area contributed by atoms with E-state index in [0.29, 0.717) is 12.2 Å². The van der Waals surface area contributed by atoms with Crippen molar-refractivity contribution in [1.29, 1.82) is 0 Å². The van der Waals surface area contributed by atoms with Gasteiger partial charge in [-0.05, 0) is 38.8 Å². The zero-order chi connectivity index (χ0) is 13.1. The van der Waals surface area contributed by atoms with Crippen molar-refractivity contribution in [2.24, 2.45) is 12.8 Å². The maximum atomic E-state index is 6.12. The summed E-state index contributed by atoms with van der Waals surface area (Å²) in [7, 11) is 3.36. The number of halogens is 1. The zero-order valence-corrected chi connectivity index (χ0v) is 11.8. The van der Waals surface area contributed by atoms with Gasteiger partial charge in [0.05, 0.1) is 18.6 Å². The number of nitrogens with zero attached hydrogens (tertiary/aromatic N) is 4. The number of methoxy groups -OCH3 is 1. The molecule has 0 aliphatic heterocycles. The summed E-state index contributed by atoms with van der Waals surface area (Å²) in [6, 6.07) is 5.59. The monoisotopic (exact) mass is 311 g/mol. The van der Waals surface area contributed by atoms with Crippen LogP contribution in [0, 0.1) is 0 Å². The van der Waals surface area contributed by atoms with Crippen molar-refractivity contribution in [1.82, 2.24) is 20.2 Å². The smallest absolute Gasteiger partial charge is 0.176 e. The molecule has 1 heterocycles. The molecule has 0 saturated heterocycles. The number of aromatic nitrogens is 4. The van der Waals surface area contributed by atoms with Crippen molar-refractivity contribution in [2.45, 2.75) is 12.5 Å². The highest BCUT2D eigenvalue weighted by Crippen LogP contribution is 2.28. The molecule has 18 heavy (non-hydrogen) atoms. The highest BCUT2D eigenvalue weighted by molar-refractivity contribution is 9.10. The largest absolute Gasteiger partial charge is 0.496 e. The fraction of sp³-hybridized carbons (Fsp3) is 0.364. The van der Waals surface area contributed by atoms with E-state index < -0.39 is 0 Å². The van der Waals surface area contributed by atoms with Crippen LogP contribution in [-0.4, -0.2) is 27.3 Å². The lowest BCUT2D eigenvalue weighted by Gasteiger charge is -2.11. The van der Waals surface area contributed by atoms with Crippen LogP contribution in [0.1, 0.15) is 17.4 Å². The molecule has 0 aliphatic rings. The minimum absolute atomic E-state index is 0.170. The Bertz CT molecular complexity index is 542. The molecule has 7 heteroatoms. The maximum absolute atomic E-state index is 6.12. The summed E-state index contributed by atoms with van der Waals surface area (Å²) in [5, 5.41) is 11.8. The summed E-state index contributed by atoms with van der Waals surface area (Å²) in [5.74, 6) is 1.42. The quantitative estimate of drug-likeness (QED) is 0.918. The van der Waals surface area contributed by atoms with Crippen LogP contribution in [0.5, 0.6) is 5.75 Å². The Hall–Kier alpha value is -1.47. The summed E-state index contributed by atoms with van der Waals surface area (Å²) < 4.78 is 6.06. The standard InChI is InChI=1S/C11H14BrN5O/c1-17-15-11(14-16-17)6-9(13)7-3-4-10(18-2)8(12)5-7/h3-5,9H,6,13H2,1-2H3. The van der Waals surface area contributed by atoms with Gasteiger partial charge in [-0.1, -0.05) is 6.07 Å². The molecule has 0 bridgehead atoms. The highest BCUT2D eigenvalue weighted by Gasteiger charge is 2.12. The summed E-state index contributed by atoms with van der Waals surface area (Å²) in [5.41, 5.74) is 7.11. The van der Waals surface area contributed by atoms with Gasteiger partial charge in [-0.25, -0.2) is 0 Å². The van der Waals surface area contributed by atoms with Crippen LogP contribution in [0.4, 0.5) is 0 Å². The van der Waals surface area contributed by atoms with Crippen LogP contribution < -0.4 is 10.5 Å². The SMILES string of the molecule is COc1ccc(C(N)Cc2nnn(C)n2)cc1Br. The van der Waals surface area contributed by atoms with E-state index in [1.807, 2.05) is 18.2 Å². The lowest BCUT2D eigenvalue weighted by Crippen LogP contribution is -2.14. The normalized spacial score (nSPS) is 12.4. The minimum Gasteiger partial charge on any atom is -0.496 e. The van der Waals surface area contributed by atoms with Crippen molar-refractivity contribution in [3.05, 3.63) is 34.1 Å². The maximum Gasteiger partial charge on any atom is 0.176 e. The zero-order valence-electron chi connectivity index (χ0n) is 10.2. The molecule has 2 N–H and O–H groups in total. The molecule has 1 atom stereocenters. The number of benzene rings is 1. The first kappa shape index (κ1) is 13.0. The summed E-state index contributed by atoms with van der Waals surface area (Å²) in [6.07, 6.45) is 0.548. The van der Waals surface area contributed by atoms with Gasteiger partial charge in [0.25, 0.3) is 0 Å². The third-order valence-electron chi connectivity index (χ3n) is 2.56. The molecule has 1 unspecified atom stereocenters. The molecule has 0 fully saturated rings. The molecule has 2 rings (SSSR count). The average molecular weight is 312 g/mol. The lowest BCUT2D eigenvalue weighted by molar-refractivity contribution is 0.412. The fourth-order valence-corrected chi connectivity index (χ4v) is 2.19. The third kappa shape index (κ3) is 2.85. The van der Waals surface area contributed by atoms with Crippen LogP contribution in [0.2, 0.25) is 0 Å². The number of hydrogen-bond acceptors (Lipinski definition) is 5. The van der Waals surface area contributed by atoms with Gasteiger partial charge in [-0.2, -0.15) is 4.80 Å². The number of hydrogen-bond donors (Lipinski definition) is 1. The number of tetrazole rings is 1. The topological polar surface area (TPSA) is 78.9 Å². The van der Waals surface area contributed by atoms with E-state index in [9.17, 15) is 0 Å². The molecule has 96 valence electrons. The van der Waals surface area contributed by atoms with Crippen molar-refractivity contribution in [3.8, 4) is 5.75 Å². The van der Waals surface area contributed by atoms with Crippen LogP contribution in [0.25, 0.3) is 0 Å². The van der Waals surface area contributed by atoms with E-state index in [0.717, 1.165) is 15.8 Å². The molecule has 1 aromatic carbocycles. The predicted octanol–water partition coefficient (Wildman–Crippen LogP) is 1.22. The van der Waals surface area contributed by atoms with E-state index in [1.165, 1.54) is 4.80 Å². The Labute approximate surface area is 113 Å². The average Bonchev–Trinajstić information content (AvgIpc) is 2.74. The Morgan fingerprint density at radius 3 is 2.83 bits per heavy atom. The molecular formula is C11H14BrN5O. The molecule has 0 saturated carbocycles. The summed E-state index contributed by atoms with van der Waals surface area (Å²) >= 11 is 3.44. The van der Waals surface area contributed by atoms with Gasteiger partial charge in [0.2, 0.25) is 0 Å². The van der Waals surface area contributed by atoms with Crippen molar-refractivity contribution < 1.29 is 4.74 Å². The molecule has 0 spiro atoms. The number of ether oxygens (including phenoxy) is 1. The Balaban J connectivity index is 2.13. The molecule has 0 amide bonds. The van der Waals surface area contributed by atoms with Crippen molar-refractivity contribution in [2.75, 3.05) is 7.11 Å². The molecular weight excluding hydrogens is 298 g/mol. The first-order valence-corrected chi connectivity index (χ1v) is 6.21. The van der Waals surface area contributed by atoms with Gasteiger partial charge in [0.15, 0.2) is 5.82 Å². The van der Waals surface area contributed by atoms with Crippen LogP contribution in [-0.2, 0) is 13.5 Å². The molecule has 2 aromatic rings. The second kappa shape index (κ2) is 5.45. The van der Waals surface area contributed by atoms with Gasteiger partial charge in [-0.15, -0.1) is 10.2 Å². The molecule has 0 radical (unpaired) electrons. The van der Waals surface area contributed by atoms with Crippen LogP contribution in [0.3, 0.4) is 0 Å². The Kier molecular flexibility index (Phi) is 3.93. The minimum atomic E-state index is -0.170. The van der Waals surface area contributed by atoms with E-state index in [4.69, 9.17) is 10.5 Å². The van der Waals surface area contributed by atoms with Crippen molar-refractivity contribution >= 4 is 15.9 Å².